The van der Waals surface area contributed by atoms with Gasteiger partial charge in [0.1, 0.15) is 11.9 Å². The summed E-state index contributed by atoms with van der Waals surface area (Å²) < 4.78 is 55.9. The van der Waals surface area contributed by atoms with E-state index in [1.54, 1.807) is 0 Å². The molecule has 0 aromatic heterocycles. The van der Waals surface area contributed by atoms with Gasteiger partial charge in [0.25, 0.3) is 0 Å². The fraction of sp³-hybridized carbons (Fsp3) is 0.462. The van der Waals surface area contributed by atoms with Crippen molar-refractivity contribution in [3.05, 3.63) is 35.6 Å². The Balaban J connectivity index is 3.05. The molecule has 0 heterocycles. The molecular weight excluding hydrogens is 280 g/mol. The van der Waals surface area contributed by atoms with Crippen molar-refractivity contribution in [2.45, 2.75) is 32.2 Å². The van der Waals surface area contributed by atoms with Crippen molar-refractivity contribution in [2.24, 2.45) is 5.92 Å². The predicted molar refractivity (Wildman–Crippen MR) is 62.1 cm³/mol. The summed E-state index contributed by atoms with van der Waals surface area (Å²) in [6.07, 6.45) is -7.87. The maximum atomic E-state index is 12.9. The summed E-state index contributed by atoms with van der Waals surface area (Å²) in [6.45, 7) is 2.80. The Labute approximate surface area is 113 Å². The molecule has 0 spiro atoms. The molecule has 0 bridgehead atoms. The van der Waals surface area contributed by atoms with E-state index >= 15 is 0 Å². The topological polar surface area (TPSA) is 46.5 Å². The first-order valence-electron chi connectivity index (χ1n) is 5.83. The third-order valence-corrected chi connectivity index (χ3v) is 2.49. The van der Waals surface area contributed by atoms with E-state index in [0.717, 1.165) is 24.3 Å². The minimum atomic E-state index is -4.97. The predicted octanol–water partition coefficient (Wildman–Crippen LogP) is 2.99. The second kappa shape index (κ2) is 6.21. The quantitative estimate of drug-likeness (QED) is 0.686. The number of alkyl halides is 3. The number of halogens is 4. The Morgan fingerprint density at radius 3 is 2.10 bits per heavy atom. The highest BCUT2D eigenvalue weighted by Crippen LogP contribution is 2.37. The molecule has 2 atom stereocenters. The number of aliphatic hydroxyl groups excluding tert-OH is 1. The number of hydrogen-bond acceptors (Lipinski definition) is 3. The Hall–Kier alpha value is -1.63. The fourth-order valence-corrected chi connectivity index (χ4v) is 1.60. The lowest BCUT2D eigenvalue weighted by Crippen LogP contribution is -2.38. The molecule has 0 saturated heterocycles. The number of hydrogen-bond donors (Lipinski definition) is 1. The molecule has 1 aromatic carbocycles. The van der Waals surface area contributed by atoms with Crippen LogP contribution in [0.15, 0.2) is 24.3 Å². The number of rotatable bonds is 4. The molecule has 0 saturated carbocycles. The Bertz CT molecular complexity index is 454. The maximum absolute atomic E-state index is 12.9. The zero-order valence-corrected chi connectivity index (χ0v) is 10.8. The van der Waals surface area contributed by atoms with Gasteiger partial charge < -0.3 is 9.84 Å². The van der Waals surface area contributed by atoms with Crippen molar-refractivity contribution < 1.29 is 32.2 Å². The second-order valence-corrected chi connectivity index (χ2v) is 4.50. The number of carbonyl (C=O) groups excluding carboxylic acids is 1. The molecule has 0 fully saturated rings. The first-order chi connectivity index (χ1) is 9.12. The molecule has 1 aromatic rings. The standard InChI is InChI=1S/C13H14F4O3/c1-7(2)20-12(19)10(13(15,16)17)11(18)8-3-5-9(14)6-4-8/h3-7,10-11,18H,1-2H3/t10-,11-/m0/s1. The summed E-state index contributed by atoms with van der Waals surface area (Å²) in [4.78, 5) is 11.5. The van der Waals surface area contributed by atoms with Crippen LogP contribution in [0.5, 0.6) is 0 Å². The number of ether oxygens (including phenoxy) is 1. The van der Waals surface area contributed by atoms with Crippen LogP contribution in [0.2, 0.25) is 0 Å². The van der Waals surface area contributed by atoms with Gasteiger partial charge in [0.2, 0.25) is 0 Å². The molecule has 0 unspecified atom stereocenters. The van der Waals surface area contributed by atoms with Crippen molar-refractivity contribution in [2.75, 3.05) is 0 Å². The van der Waals surface area contributed by atoms with E-state index < -0.39 is 36.1 Å². The minimum absolute atomic E-state index is 0.213. The van der Waals surface area contributed by atoms with Gasteiger partial charge in [0, 0.05) is 0 Å². The van der Waals surface area contributed by atoms with Gasteiger partial charge in [-0.3, -0.25) is 4.79 Å². The smallest absolute Gasteiger partial charge is 0.405 e. The summed E-state index contributed by atoms with van der Waals surface area (Å²) in [6, 6.07) is 3.78. The summed E-state index contributed by atoms with van der Waals surface area (Å²) >= 11 is 0. The van der Waals surface area contributed by atoms with Crippen molar-refractivity contribution >= 4 is 5.97 Å². The highest BCUT2D eigenvalue weighted by molar-refractivity contribution is 5.74. The third-order valence-electron chi connectivity index (χ3n) is 2.49. The first-order valence-corrected chi connectivity index (χ1v) is 5.83. The lowest BCUT2D eigenvalue weighted by atomic mass is 9.95. The van der Waals surface area contributed by atoms with Gasteiger partial charge in [0.15, 0.2) is 5.92 Å². The van der Waals surface area contributed by atoms with Crippen LogP contribution < -0.4 is 0 Å². The molecule has 20 heavy (non-hydrogen) atoms. The van der Waals surface area contributed by atoms with Crippen molar-refractivity contribution in [3.63, 3.8) is 0 Å². The van der Waals surface area contributed by atoms with Crippen molar-refractivity contribution in [3.8, 4) is 0 Å². The number of carbonyl (C=O) groups is 1. The molecule has 0 aliphatic rings. The van der Waals surface area contributed by atoms with E-state index in [1.165, 1.54) is 13.8 Å². The molecule has 0 radical (unpaired) electrons. The Morgan fingerprint density at radius 1 is 1.20 bits per heavy atom. The average Bonchev–Trinajstić information content (AvgIpc) is 2.26. The average molecular weight is 294 g/mol. The van der Waals surface area contributed by atoms with Gasteiger partial charge >= 0.3 is 12.1 Å². The maximum Gasteiger partial charge on any atom is 0.405 e. The summed E-state index contributed by atoms with van der Waals surface area (Å²) in [5.74, 6) is -4.94. The van der Waals surface area contributed by atoms with E-state index in [1.807, 2.05) is 0 Å². The van der Waals surface area contributed by atoms with Crippen LogP contribution in [0.4, 0.5) is 17.6 Å². The molecule has 1 rings (SSSR count). The monoisotopic (exact) mass is 294 g/mol. The fourth-order valence-electron chi connectivity index (χ4n) is 1.60. The van der Waals surface area contributed by atoms with Crippen LogP contribution in [0.25, 0.3) is 0 Å². The van der Waals surface area contributed by atoms with Crippen LogP contribution in [0.3, 0.4) is 0 Å². The number of benzene rings is 1. The third kappa shape index (κ3) is 4.19. The van der Waals surface area contributed by atoms with Crippen LogP contribution in [-0.2, 0) is 9.53 Å². The van der Waals surface area contributed by atoms with E-state index in [0.29, 0.717) is 0 Å². The van der Waals surface area contributed by atoms with E-state index in [-0.39, 0.29) is 5.56 Å². The van der Waals surface area contributed by atoms with Gasteiger partial charge in [-0.25, -0.2) is 4.39 Å². The number of esters is 1. The number of aliphatic hydroxyl groups is 1. The Kier molecular flexibility index (Phi) is 5.10. The van der Waals surface area contributed by atoms with Gasteiger partial charge in [-0.05, 0) is 31.5 Å². The van der Waals surface area contributed by atoms with E-state index in [4.69, 9.17) is 0 Å². The highest BCUT2D eigenvalue weighted by atomic mass is 19.4. The molecule has 1 N–H and O–H groups in total. The van der Waals surface area contributed by atoms with Crippen molar-refractivity contribution in [1.82, 2.24) is 0 Å². The lowest BCUT2D eigenvalue weighted by Gasteiger charge is -2.25. The first kappa shape index (κ1) is 16.4. The summed E-state index contributed by atoms with van der Waals surface area (Å²) in [7, 11) is 0. The van der Waals surface area contributed by atoms with Gasteiger partial charge in [0.05, 0.1) is 6.10 Å². The van der Waals surface area contributed by atoms with Crippen LogP contribution >= 0.6 is 0 Å². The molecule has 3 nitrogen and oxygen atoms in total. The summed E-state index contributed by atoms with van der Waals surface area (Å²) in [5, 5.41) is 9.75. The van der Waals surface area contributed by atoms with Gasteiger partial charge in [-0.1, -0.05) is 12.1 Å². The molecule has 0 aliphatic carbocycles. The highest BCUT2D eigenvalue weighted by Gasteiger charge is 2.51. The zero-order chi connectivity index (χ0) is 15.5. The van der Waals surface area contributed by atoms with Crippen LogP contribution in [0, 0.1) is 11.7 Å². The minimum Gasteiger partial charge on any atom is -0.462 e. The largest absolute Gasteiger partial charge is 0.462 e. The second-order valence-electron chi connectivity index (χ2n) is 4.50. The SMILES string of the molecule is CC(C)OC(=O)[C@H]([C@@H](O)c1ccc(F)cc1)C(F)(F)F. The van der Waals surface area contributed by atoms with Gasteiger partial charge in [-0.15, -0.1) is 0 Å². The zero-order valence-electron chi connectivity index (χ0n) is 10.8. The van der Waals surface area contributed by atoms with Gasteiger partial charge in [-0.2, -0.15) is 13.2 Å². The Morgan fingerprint density at radius 2 is 1.70 bits per heavy atom. The molecule has 0 aliphatic heterocycles. The van der Waals surface area contributed by atoms with Crippen LogP contribution in [0.1, 0.15) is 25.5 Å². The van der Waals surface area contributed by atoms with E-state index in [9.17, 15) is 27.5 Å². The summed E-state index contributed by atoms with van der Waals surface area (Å²) in [5.41, 5.74) is -0.213. The normalized spacial score (nSPS) is 15.0. The van der Waals surface area contributed by atoms with Crippen molar-refractivity contribution in [1.29, 1.82) is 0 Å². The molecule has 112 valence electrons. The molecular formula is C13H14F4O3. The van der Waals surface area contributed by atoms with Crippen LogP contribution in [-0.4, -0.2) is 23.4 Å². The lowest BCUT2D eigenvalue weighted by molar-refractivity contribution is -0.217. The van der Waals surface area contributed by atoms with E-state index in [2.05, 4.69) is 4.74 Å². The molecule has 7 heteroatoms. The molecule has 0 amide bonds.